The quantitative estimate of drug-likeness (QED) is 0.570. The van der Waals surface area contributed by atoms with E-state index in [1.807, 2.05) is 38.1 Å². The van der Waals surface area contributed by atoms with Crippen LogP contribution in [0.25, 0.3) is 17.1 Å². The molecule has 0 unspecified atom stereocenters. The average Bonchev–Trinajstić information content (AvgIpc) is 3.11. The lowest BCUT2D eigenvalue weighted by Gasteiger charge is -2.13. The smallest absolute Gasteiger partial charge is 0.230 e. The first-order valence-electron chi connectivity index (χ1n) is 9.18. The zero-order valence-corrected chi connectivity index (χ0v) is 17.4. The van der Waals surface area contributed by atoms with Crippen molar-refractivity contribution in [1.29, 1.82) is 0 Å². The van der Waals surface area contributed by atoms with Crippen molar-refractivity contribution in [3.8, 4) is 17.1 Å². The number of rotatable bonds is 8. The predicted molar refractivity (Wildman–Crippen MR) is 112 cm³/mol. The van der Waals surface area contributed by atoms with E-state index in [1.165, 1.54) is 17.8 Å². The maximum Gasteiger partial charge on any atom is 0.230 e. The van der Waals surface area contributed by atoms with Gasteiger partial charge in [0.05, 0.1) is 17.9 Å². The molecule has 0 saturated carbocycles. The summed E-state index contributed by atoms with van der Waals surface area (Å²) in [5.41, 5.74) is 2.26. The van der Waals surface area contributed by atoms with E-state index in [-0.39, 0.29) is 23.5 Å². The number of hydrogen-bond donors (Lipinski definition) is 1. The number of amides is 1. The lowest BCUT2D eigenvalue weighted by Crippen LogP contribution is -2.36. The number of benzene rings is 2. The lowest BCUT2D eigenvalue weighted by molar-refractivity contribution is -0.119. The molecular weight excluding hydrogens is 391 g/mol. The van der Waals surface area contributed by atoms with Crippen LogP contribution in [0.5, 0.6) is 0 Å². The van der Waals surface area contributed by atoms with E-state index in [4.69, 9.17) is 4.74 Å². The second-order valence-corrected chi connectivity index (χ2v) is 7.61. The Morgan fingerprint density at radius 3 is 2.62 bits per heavy atom. The van der Waals surface area contributed by atoms with E-state index in [0.29, 0.717) is 23.2 Å². The molecule has 8 heteroatoms. The molecule has 1 aromatic heterocycles. The number of aromatic nitrogens is 3. The summed E-state index contributed by atoms with van der Waals surface area (Å²) >= 11 is 1.25. The standard InChI is InChI=1S/C21H23FN4O2S/c1-14-8-10-16(11-9-14)26-20(17-6-4-5-7-18(17)22)24-25-21(26)29-13-19(27)23-15(2)12-28-3/h4-11,15H,12-13H2,1-3H3,(H,23,27)/t15-/m1/s1. The van der Waals surface area contributed by atoms with Crippen molar-refractivity contribution in [2.45, 2.75) is 25.0 Å². The number of carbonyl (C=O) groups excluding carboxylic acids is 1. The number of ether oxygens (including phenoxy) is 1. The summed E-state index contributed by atoms with van der Waals surface area (Å²) in [4.78, 5) is 12.2. The minimum absolute atomic E-state index is 0.0861. The second-order valence-electron chi connectivity index (χ2n) is 6.67. The van der Waals surface area contributed by atoms with Gasteiger partial charge >= 0.3 is 0 Å². The first-order valence-corrected chi connectivity index (χ1v) is 10.2. The van der Waals surface area contributed by atoms with E-state index >= 15 is 0 Å². The highest BCUT2D eigenvalue weighted by Gasteiger charge is 2.19. The average molecular weight is 415 g/mol. The lowest BCUT2D eigenvalue weighted by atomic mass is 10.2. The van der Waals surface area contributed by atoms with Crippen LogP contribution < -0.4 is 5.32 Å². The molecule has 0 aliphatic heterocycles. The maximum atomic E-state index is 14.4. The highest BCUT2D eigenvalue weighted by molar-refractivity contribution is 7.99. The molecule has 152 valence electrons. The van der Waals surface area contributed by atoms with Crippen molar-refractivity contribution in [1.82, 2.24) is 20.1 Å². The van der Waals surface area contributed by atoms with Gasteiger partial charge < -0.3 is 10.1 Å². The van der Waals surface area contributed by atoms with Gasteiger partial charge in [0.1, 0.15) is 5.82 Å². The van der Waals surface area contributed by atoms with Gasteiger partial charge in [-0.15, -0.1) is 10.2 Å². The molecule has 0 saturated heterocycles. The fraction of sp³-hybridized carbons (Fsp3) is 0.286. The van der Waals surface area contributed by atoms with Crippen LogP contribution in [0.3, 0.4) is 0 Å². The molecule has 29 heavy (non-hydrogen) atoms. The summed E-state index contributed by atoms with van der Waals surface area (Å²) < 4.78 is 21.2. The van der Waals surface area contributed by atoms with Gasteiger partial charge in [-0.25, -0.2) is 4.39 Å². The fourth-order valence-electron chi connectivity index (χ4n) is 2.85. The summed E-state index contributed by atoms with van der Waals surface area (Å²) in [6.07, 6.45) is 0. The van der Waals surface area contributed by atoms with Gasteiger partial charge in [0.25, 0.3) is 0 Å². The zero-order chi connectivity index (χ0) is 20.8. The molecule has 3 aromatic rings. The van der Waals surface area contributed by atoms with E-state index in [9.17, 15) is 9.18 Å². The molecule has 3 rings (SSSR count). The van der Waals surface area contributed by atoms with Crippen molar-refractivity contribution in [2.24, 2.45) is 0 Å². The van der Waals surface area contributed by atoms with Crippen LogP contribution in [-0.4, -0.2) is 46.2 Å². The Hall–Kier alpha value is -2.71. The molecule has 0 fully saturated rings. The van der Waals surface area contributed by atoms with E-state index in [1.54, 1.807) is 29.9 Å². The first-order chi connectivity index (χ1) is 14.0. The number of carbonyl (C=O) groups is 1. The number of aryl methyl sites for hydroxylation is 1. The minimum Gasteiger partial charge on any atom is -0.383 e. The van der Waals surface area contributed by atoms with Crippen molar-refractivity contribution >= 4 is 17.7 Å². The summed E-state index contributed by atoms with van der Waals surface area (Å²) in [5.74, 6) is 0.0407. The van der Waals surface area contributed by atoms with Gasteiger partial charge in [0.2, 0.25) is 5.91 Å². The molecule has 0 aliphatic rings. The Morgan fingerprint density at radius 1 is 1.21 bits per heavy atom. The Bertz CT molecular complexity index is 975. The highest BCUT2D eigenvalue weighted by atomic mass is 32.2. The summed E-state index contributed by atoms with van der Waals surface area (Å²) in [5, 5.41) is 11.8. The van der Waals surface area contributed by atoms with Crippen LogP contribution in [0.2, 0.25) is 0 Å². The molecular formula is C21H23FN4O2S. The van der Waals surface area contributed by atoms with Gasteiger partial charge in [0.15, 0.2) is 11.0 Å². The molecule has 0 bridgehead atoms. The minimum atomic E-state index is -0.379. The van der Waals surface area contributed by atoms with Crippen LogP contribution in [0, 0.1) is 12.7 Å². The number of thioether (sulfide) groups is 1. The second kappa shape index (κ2) is 9.67. The predicted octanol–water partition coefficient (Wildman–Crippen LogP) is 3.63. The summed E-state index contributed by atoms with van der Waals surface area (Å²) in [7, 11) is 1.59. The maximum absolute atomic E-state index is 14.4. The molecule has 1 amide bonds. The SMILES string of the molecule is COC[C@@H](C)NC(=O)CSc1nnc(-c2ccccc2F)n1-c1ccc(C)cc1. The normalized spacial score (nSPS) is 12.0. The molecule has 1 heterocycles. The van der Waals surface area contributed by atoms with Crippen LogP contribution in [0.4, 0.5) is 4.39 Å². The third-order valence-electron chi connectivity index (χ3n) is 4.20. The largest absolute Gasteiger partial charge is 0.383 e. The van der Waals surface area contributed by atoms with Crippen LogP contribution >= 0.6 is 11.8 Å². The molecule has 2 aromatic carbocycles. The molecule has 0 spiro atoms. The number of hydrogen-bond acceptors (Lipinski definition) is 5. The zero-order valence-electron chi connectivity index (χ0n) is 16.6. The Kier molecular flexibility index (Phi) is 7.00. The van der Waals surface area contributed by atoms with Crippen molar-refractivity contribution in [3.63, 3.8) is 0 Å². The van der Waals surface area contributed by atoms with Gasteiger partial charge in [-0.1, -0.05) is 41.6 Å². The third kappa shape index (κ3) is 5.21. The van der Waals surface area contributed by atoms with Crippen LogP contribution in [0.1, 0.15) is 12.5 Å². The molecule has 0 radical (unpaired) electrons. The van der Waals surface area contributed by atoms with Gasteiger partial charge in [-0.05, 0) is 38.1 Å². The highest BCUT2D eigenvalue weighted by Crippen LogP contribution is 2.29. The monoisotopic (exact) mass is 414 g/mol. The number of methoxy groups -OCH3 is 1. The summed E-state index contributed by atoms with van der Waals surface area (Å²) in [6.45, 7) is 4.30. The Labute approximate surface area is 173 Å². The molecule has 1 N–H and O–H groups in total. The van der Waals surface area contributed by atoms with Crippen LogP contribution in [0.15, 0.2) is 53.7 Å². The van der Waals surface area contributed by atoms with Crippen molar-refractivity contribution in [3.05, 3.63) is 59.9 Å². The Morgan fingerprint density at radius 2 is 1.93 bits per heavy atom. The Balaban J connectivity index is 1.90. The number of halogens is 1. The van der Waals surface area contributed by atoms with Crippen molar-refractivity contribution < 1.29 is 13.9 Å². The van der Waals surface area contributed by atoms with Gasteiger partial charge in [0, 0.05) is 18.8 Å². The summed E-state index contributed by atoms with van der Waals surface area (Å²) in [6, 6.07) is 14.1. The van der Waals surface area contributed by atoms with E-state index < -0.39 is 0 Å². The van der Waals surface area contributed by atoms with E-state index in [2.05, 4.69) is 15.5 Å². The third-order valence-corrected chi connectivity index (χ3v) is 5.13. The molecule has 1 atom stereocenters. The topological polar surface area (TPSA) is 69.0 Å². The molecule has 0 aliphatic carbocycles. The van der Waals surface area contributed by atoms with Crippen molar-refractivity contribution in [2.75, 3.05) is 19.5 Å². The van der Waals surface area contributed by atoms with Gasteiger partial charge in [-0.3, -0.25) is 9.36 Å². The van der Waals surface area contributed by atoms with Gasteiger partial charge in [-0.2, -0.15) is 0 Å². The first kappa shape index (κ1) is 21.0. The van der Waals surface area contributed by atoms with E-state index in [0.717, 1.165) is 11.3 Å². The fourth-order valence-corrected chi connectivity index (χ4v) is 3.61. The molecule has 6 nitrogen and oxygen atoms in total. The van der Waals surface area contributed by atoms with Crippen LogP contribution in [-0.2, 0) is 9.53 Å². The number of nitrogens with one attached hydrogen (secondary N) is 1. The number of nitrogens with zero attached hydrogens (tertiary/aromatic N) is 3.